The van der Waals surface area contributed by atoms with Crippen LogP contribution in [-0.4, -0.2) is 28.8 Å². The summed E-state index contributed by atoms with van der Waals surface area (Å²) >= 11 is 0. The molecule has 2 amide bonds. The van der Waals surface area contributed by atoms with E-state index in [0.29, 0.717) is 25.8 Å². The summed E-state index contributed by atoms with van der Waals surface area (Å²) in [5.74, 6) is -0.0356. The van der Waals surface area contributed by atoms with Crippen molar-refractivity contribution >= 4 is 22.6 Å². The minimum atomic E-state index is -0.576. The molecule has 4 heteroatoms. The van der Waals surface area contributed by atoms with Crippen LogP contribution in [0.2, 0.25) is 0 Å². The summed E-state index contributed by atoms with van der Waals surface area (Å²) in [6.07, 6.45) is 5.78. The van der Waals surface area contributed by atoms with E-state index in [1.165, 1.54) is 10.8 Å². The predicted molar refractivity (Wildman–Crippen MR) is 158 cm³/mol. The summed E-state index contributed by atoms with van der Waals surface area (Å²) in [7, 11) is 0. The Labute approximate surface area is 232 Å². The molecule has 0 saturated heterocycles. The molecule has 200 valence electrons. The summed E-state index contributed by atoms with van der Waals surface area (Å²) in [4.78, 5) is 29.8. The number of nitrogens with zero attached hydrogens (tertiary/aromatic N) is 1. The molecule has 1 fully saturated rings. The highest BCUT2D eigenvalue weighted by atomic mass is 16.2. The maximum absolute atomic E-state index is 14.1. The van der Waals surface area contributed by atoms with Crippen LogP contribution in [0.4, 0.5) is 0 Å². The quantitative estimate of drug-likeness (QED) is 0.252. The molecule has 4 nitrogen and oxygen atoms in total. The number of amides is 2. The maximum atomic E-state index is 14.1. The zero-order valence-electron chi connectivity index (χ0n) is 22.8. The first kappa shape index (κ1) is 26.7. The van der Waals surface area contributed by atoms with E-state index in [1.807, 2.05) is 59.5 Å². The molecule has 0 aromatic heterocycles. The van der Waals surface area contributed by atoms with Crippen LogP contribution in [0, 0.1) is 6.92 Å². The second-order valence-corrected chi connectivity index (χ2v) is 10.8. The van der Waals surface area contributed by atoms with Crippen molar-refractivity contribution < 1.29 is 9.59 Å². The lowest BCUT2D eigenvalue weighted by atomic mass is 9.98. The predicted octanol–water partition coefficient (Wildman–Crippen LogP) is 6.78. The van der Waals surface area contributed by atoms with Crippen LogP contribution in [0.25, 0.3) is 10.8 Å². The van der Waals surface area contributed by atoms with E-state index in [2.05, 4.69) is 54.7 Å². The largest absolute Gasteiger partial charge is 0.352 e. The van der Waals surface area contributed by atoms with E-state index in [-0.39, 0.29) is 17.9 Å². The number of carbonyl (C=O) groups excluding carboxylic acids is 2. The van der Waals surface area contributed by atoms with Crippen LogP contribution in [0.15, 0.2) is 97.1 Å². The van der Waals surface area contributed by atoms with Crippen molar-refractivity contribution in [2.45, 2.75) is 70.5 Å². The number of nitrogens with one attached hydrogen (secondary N) is 1. The Morgan fingerprint density at radius 1 is 0.821 bits per heavy atom. The number of benzene rings is 4. The number of fused-ring (bicyclic) bond motifs is 1. The lowest BCUT2D eigenvalue weighted by Gasteiger charge is -2.33. The monoisotopic (exact) mass is 518 g/mol. The third-order valence-corrected chi connectivity index (χ3v) is 8.06. The first-order valence-electron chi connectivity index (χ1n) is 14.2. The molecule has 0 spiro atoms. The highest BCUT2D eigenvalue weighted by Crippen LogP contribution is 2.23. The third-order valence-electron chi connectivity index (χ3n) is 8.06. The molecule has 0 heterocycles. The van der Waals surface area contributed by atoms with Gasteiger partial charge in [0.2, 0.25) is 11.8 Å². The second kappa shape index (κ2) is 12.8. The van der Waals surface area contributed by atoms with Gasteiger partial charge in [0.05, 0.1) is 0 Å². The van der Waals surface area contributed by atoms with Crippen molar-refractivity contribution in [1.82, 2.24) is 10.2 Å². The fourth-order valence-corrected chi connectivity index (χ4v) is 5.79. The van der Waals surface area contributed by atoms with Crippen LogP contribution in [0.5, 0.6) is 0 Å². The van der Waals surface area contributed by atoms with Crippen LogP contribution in [0.1, 0.15) is 54.4 Å². The summed E-state index contributed by atoms with van der Waals surface area (Å²) in [6, 6.07) is 32.4. The molecule has 5 rings (SSSR count). The molecular formula is C35H38N2O2. The maximum Gasteiger partial charge on any atom is 0.243 e. The number of aryl methyl sites for hydroxylation is 2. The Morgan fingerprint density at radius 2 is 1.49 bits per heavy atom. The van der Waals surface area contributed by atoms with Gasteiger partial charge in [-0.15, -0.1) is 0 Å². The Hall–Kier alpha value is -3.92. The minimum absolute atomic E-state index is 0.00805. The van der Waals surface area contributed by atoms with Gasteiger partial charge in [-0.25, -0.2) is 0 Å². The summed E-state index contributed by atoms with van der Waals surface area (Å²) in [6.45, 7) is 2.48. The summed E-state index contributed by atoms with van der Waals surface area (Å²) in [5, 5.41) is 5.66. The lowest BCUT2D eigenvalue weighted by molar-refractivity contribution is -0.141. The van der Waals surface area contributed by atoms with Gasteiger partial charge in [0.1, 0.15) is 6.04 Å². The van der Waals surface area contributed by atoms with Gasteiger partial charge in [-0.2, -0.15) is 0 Å². The van der Waals surface area contributed by atoms with Gasteiger partial charge >= 0.3 is 0 Å². The smallest absolute Gasteiger partial charge is 0.243 e. The SMILES string of the molecule is Cc1ccccc1CN(C(=O)CCc1cccc2ccccc12)[C@@H](Cc1ccccc1)C(=O)NC1CCCC1. The zero-order valence-corrected chi connectivity index (χ0v) is 22.8. The molecular weight excluding hydrogens is 480 g/mol. The number of rotatable bonds is 10. The van der Waals surface area contributed by atoms with Crippen LogP contribution < -0.4 is 5.32 Å². The highest BCUT2D eigenvalue weighted by molar-refractivity contribution is 5.89. The van der Waals surface area contributed by atoms with Gasteiger partial charge in [0.25, 0.3) is 0 Å². The van der Waals surface area contributed by atoms with Gasteiger partial charge in [0, 0.05) is 25.4 Å². The van der Waals surface area contributed by atoms with E-state index in [1.54, 1.807) is 0 Å². The zero-order chi connectivity index (χ0) is 27.0. The van der Waals surface area contributed by atoms with E-state index < -0.39 is 6.04 Å². The average molecular weight is 519 g/mol. The molecule has 39 heavy (non-hydrogen) atoms. The van der Waals surface area contributed by atoms with Crippen LogP contribution >= 0.6 is 0 Å². The topological polar surface area (TPSA) is 49.4 Å². The highest BCUT2D eigenvalue weighted by Gasteiger charge is 2.32. The van der Waals surface area contributed by atoms with E-state index in [9.17, 15) is 9.59 Å². The van der Waals surface area contributed by atoms with Gasteiger partial charge in [-0.05, 0) is 59.2 Å². The van der Waals surface area contributed by atoms with E-state index in [0.717, 1.165) is 47.9 Å². The molecule has 1 N–H and O–H groups in total. The Kier molecular flexibility index (Phi) is 8.72. The van der Waals surface area contributed by atoms with Gasteiger partial charge < -0.3 is 10.2 Å². The third kappa shape index (κ3) is 6.75. The molecule has 0 radical (unpaired) electrons. The lowest BCUT2D eigenvalue weighted by Crippen LogP contribution is -2.52. The van der Waals surface area contributed by atoms with Crippen molar-refractivity contribution in [2.75, 3.05) is 0 Å². The van der Waals surface area contributed by atoms with Crippen molar-refractivity contribution in [3.05, 3.63) is 119 Å². The molecule has 1 saturated carbocycles. The summed E-state index contributed by atoms with van der Waals surface area (Å²) < 4.78 is 0. The molecule has 0 bridgehead atoms. The number of carbonyl (C=O) groups is 2. The normalized spacial score (nSPS) is 14.3. The summed E-state index contributed by atoms with van der Waals surface area (Å²) in [5.41, 5.74) is 4.41. The molecule has 1 aliphatic rings. The van der Waals surface area contributed by atoms with E-state index >= 15 is 0 Å². The Morgan fingerprint density at radius 3 is 2.28 bits per heavy atom. The average Bonchev–Trinajstić information content (AvgIpc) is 3.48. The fourth-order valence-electron chi connectivity index (χ4n) is 5.79. The molecule has 4 aromatic rings. The van der Waals surface area contributed by atoms with Crippen molar-refractivity contribution in [2.24, 2.45) is 0 Å². The Balaban J connectivity index is 1.44. The fraction of sp³-hybridized carbons (Fsp3) is 0.314. The molecule has 1 aliphatic carbocycles. The van der Waals surface area contributed by atoms with Gasteiger partial charge in [0.15, 0.2) is 0 Å². The number of hydrogen-bond acceptors (Lipinski definition) is 2. The second-order valence-electron chi connectivity index (χ2n) is 10.8. The first-order chi connectivity index (χ1) is 19.1. The van der Waals surface area contributed by atoms with Crippen LogP contribution in [0.3, 0.4) is 0 Å². The van der Waals surface area contributed by atoms with Crippen LogP contribution in [-0.2, 0) is 29.0 Å². The minimum Gasteiger partial charge on any atom is -0.352 e. The number of hydrogen-bond donors (Lipinski definition) is 1. The van der Waals surface area contributed by atoms with E-state index in [4.69, 9.17) is 0 Å². The van der Waals surface area contributed by atoms with Gasteiger partial charge in [-0.1, -0.05) is 110 Å². The molecule has 4 aromatic carbocycles. The molecule has 0 unspecified atom stereocenters. The van der Waals surface area contributed by atoms with Crippen molar-refractivity contribution in [3.8, 4) is 0 Å². The van der Waals surface area contributed by atoms with Gasteiger partial charge in [-0.3, -0.25) is 9.59 Å². The first-order valence-corrected chi connectivity index (χ1v) is 14.2. The van der Waals surface area contributed by atoms with Crippen molar-refractivity contribution in [1.29, 1.82) is 0 Å². The molecule has 1 atom stereocenters. The Bertz CT molecular complexity index is 1400. The molecule has 0 aliphatic heterocycles. The van der Waals surface area contributed by atoms with Crippen molar-refractivity contribution in [3.63, 3.8) is 0 Å². The standard InChI is InChI=1S/C35H38N2O2/c1-26-12-5-6-16-30(26)25-37(34(38)23-22-29-18-11-17-28-15-7-10-21-32(28)29)33(24-27-13-3-2-4-14-27)35(39)36-31-19-8-9-20-31/h2-7,10-18,21,31,33H,8-9,19-20,22-25H2,1H3,(H,36,39)/t33-/m0/s1.